The van der Waals surface area contributed by atoms with Crippen LogP contribution in [0.2, 0.25) is 0 Å². The Morgan fingerprint density at radius 3 is 3.00 bits per heavy atom. The van der Waals surface area contributed by atoms with Crippen molar-refractivity contribution >= 4 is 17.6 Å². The van der Waals surface area contributed by atoms with E-state index in [1.807, 2.05) is 0 Å². The lowest BCUT2D eigenvalue weighted by Crippen LogP contribution is -2.11. The molecule has 0 aromatic carbocycles. The van der Waals surface area contributed by atoms with Gasteiger partial charge in [-0.1, -0.05) is 11.8 Å². The first-order valence-electron chi connectivity index (χ1n) is 5.00. The molecule has 1 aromatic heterocycles. The second kappa shape index (κ2) is 4.18. The first kappa shape index (κ1) is 11.0. The van der Waals surface area contributed by atoms with Crippen LogP contribution in [-0.2, 0) is 0 Å². The van der Waals surface area contributed by atoms with Crippen molar-refractivity contribution in [1.29, 1.82) is 5.26 Å². The maximum Gasteiger partial charge on any atom is 0.253 e. The molecule has 16 heavy (non-hydrogen) atoms. The summed E-state index contributed by atoms with van der Waals surface area (Å²) in [5.41, 5.74) is 5.38. The van der Waals surface area contributed by atoms with E-state index < -0.39 is 0 Å². The van der Waals surface area contributed by atoms with E-state index in [4.69, 9.17) is 11.0 Å². The Balaban J connectivity index is 2.00. The molecular formula is C10H12N4OS. The summed E-state index contributed by atoms with van der Waals surface area (Å²) in [5.74, 6) is 1.05. The van der Waals surface area contributed by atoms with Crippen LogP contribution in [0.5, 0.6) is 0 Å². The fourth-order valence-corrected chi connectivity index (χ4v) is 2.64. The minimum Gasteiger partial charge on any atom is -0.383 e. The number of nitrogen functional groups attached to an aromatic ring is 1. The number of nitrogens with one attached hydrogen (secondary N) is 1. The van der Waals surface area contributed by atoms with Crippen molar-refractivity contribution in [2.24, 2.45) is 5.41 Å². The highest BCUT2D eigenvalue weighted by Gasteiger charge is 2.42. The van der Waals surface area contributed by atoms with E-state index >= 15 is 0 Å². The summed E-state index contributed by atoms with van der Waals surface area (Å²) in [6, 6.07) is 3.46. The van der Waals surface area contributed by atoms with Crippen LogP contribution in [0.15, 0.2) is 16.0 Å². The van der Waals surface area contributed by atoms with Crippen molar-refractivity contribution in [2.45, 2.75) is 24.4 Å². The number of nitriles is 1. The van der Waals surface area contributed by atoms with Gasteiger partial charge in [-0.3, -0.25) is 4.79 Å². The third-order valence-electron chi connectivity index (χ3n) is 2.67. The molecule has 1 aliphatic carbocycles. The zero-order valence-corrected chi connectivity index (χ0v) is 9.51. The third kappa shape index (κ3) is 2.55. The van der Waals surface area contributed by atoms with Crippen LogP contribution in [0.4, 0.5) is 5.82 Å². The first-order chi connectivity index (χ1) is 7.63. The normalized spacial score (nSPS) is 16.7. The Kier molecular flexibility index (Phi) is 2.88. The lowest BCUT2D eigenvalue weighted by atomic mass is 10.1. The molecule has 1 aromatic rings. The number of thioether (sulfide) groups is 1. The van der Waals surface area contributed by atoms with E-state index in [2.05, 4.69) is 16.0 Å². The van der Waals surface area contributed by atoms with Crippen molar-refractivity contribution in [2.75, 3.05) is 11.5 Å². The highest BCUT2D eigenvalue weighted by Crippen LogP contribution is 2.51. The molecule has 0 radical (unpaired) electrons. The van der Waals surface area contributed by atoms with Crippen LogP contribution in [0.3, 0.4) is 0 Å². The number of anilines is 1. The first-order valence-corrected chi connectivity index (χ1v) is 5.99. The number of rotatable bonds is 4. The highest BCUT2D eigenvalue weighted by molar-refractivity contribution is 7.99. The van der Waals surface area contributed by atoms with Gasteiger partial charge in [0.05, 0.1) is 6.07 Å². The molecule has 0 amide bonds. The fraction of sp³-hybridized carbons (Fsp3) is 0.500. The Bertz CT molecular complexity index is 486. The minimum absolute atomic E-state index is 0.141. The third-order valence-corrected chi connectivity index (χ3v) is 3.89. The van der Waals surface area contributed by atoms with Crippen molar-refractivity contribution in [3.05, 3.63) is 16.4 Å². The second-order valence-electron chi connectivity index (χ2n) is 4.10. The highest BCUT2D eigenvalue weighted by atomic mass is 32.2. The number of aromatic amines is 1. The average Bonchev–Trinajstić information content (AvgIpc) is 2.95. The molecule has 3 N–H and O–H groups in total. The van der Waals surface area contributed by atoms with Crippen LogP contribution in [0.1, 0.15) is 19.3 Å². The topological polar surface area (TPSA) is 95.6 Å². The van der Waals surface area contributed by atoms with Gasteiger partial charge in [-0.2, -0.15) is 5.26 Å². The lowest BCUT2D eigenvalue weighted by Gasteiger charge is -2.09. The Morgan fingerprint density at radius 2 is 2.44 bits per heavy atom. The molecule has 1 fully saturated rings. The molecule has 0 unspecified atom stereocenters. The molecule has 0 aliphatic heterocycles. The zero-order valence-electron chi connectivity index (χ0n) is 8.69. The number of aromatic nitrogens is 2. The number of hydrogen-bond acceptors (Lipinski definition) is 5. The summed E-state index contributed by atoms with van der Waals surface area (Å²) in [5, 5.41) is 9.21. The van der Waals surface area contributed by atoms with Crippen molar-refractivity contribution in [1.82, 2.24) is 9.97 Å². The van der Waals surface area contributed by atoms with Crippen molar-refractivity contribution < 1.29 is 0 Å². The Hall–Kier alpha value is -1.48. The van der Waals surface area contributed by atoms with Gasteiger partial charge in [0.1, 0.15) is 5.82 Å². The predicted molar refractivity (Wildman–Crippen MR) is 61.9 cm³/mol. The van der Waals surface area contributed by atoms with Gasteiger partial charge in [0.2, 0.25) is 0 Å². The van der Waals surface area contributed by atoms with Crippen LogP contribution >= 0.6 is 11.8 Å². The molecule has 2 rings (SSSR count). The maximum atomic E-state index is 11.1. The molecular weight excluding hydrogens is 224 g/mol. The second-order valence-corrected chi connectivity index (χ2v) is 5.06. The minimum atomic E-state index is -0.236. The number of H-pyrrole nitrogens is 1. The van der Waals surface area contributed by atoms with Crippen LogP contribution in [-0.4, -0.2) is 15.7 Å². The monoisotopic (exact) mass is 236 g/mol. The van der Waals surface area contributed by atoms with Gasteiger partial charge in [0.25, 0.3) is 5.56 Å². The Labute approximate surface area is 97.1 Å². The van der Waals surface area contributed by atoms with Gasteiger partial charge in [0, 0.05) is 18.2 Å². The van der Waals surface area contributed by atoms with E-state index in [-0.39, 0.29) is 16.8 Å². The number of hydrogen-bond donors (Lipinski definition) is 2. The summed E-state index contributed by atoms with van der Waals surface area (Å²) in [6.45, 7) is 0. The number of nitrogens with two attached hydrogens (primary N) is 1. The molecule has 84 valence electrons. The van der Waals surface area contributed by atoms with Gasteiger partial charge >= 0.3 is 0 Å². The smallest absolute Gasteiger partial charge is 0.253 e. The molecule has 0 spiro atoms. The standard InChI is InChI=1S/C10H12N4OS/c11-4-3-10(1-2-10)6-16-9-13-7(12)5-8(15)14-9/h5H,1-3,6H2,(H3,12,13,14,15). The van der Waals surface area contributed by atoms with Gasteiger partial charge in [-0.05, 0) is 18.3 Å². The average molecular weight is 236 g/mol. The largest absolute Gasteiger partial charge is 0.383 e. The summed E-state index contributed by atoms with van der Waals surface area (Å²) < 4.78 is 0. The SMILES string of the molecule is N#CCC1(CSc2nc(N)cc(=O)[nH]2)CC1. The molecule has 1 heterocycles. The molecule has 0 bridgehead atoms. The quantitative estimate of drug-likeness (QED) is 0.603. The van der Waals surface area contributed by atoms with Crippen LogP contribution in [0, 0.1) is 16.7 Å². The molecule has 0 saturated heterocycles. The predicted octanol–water partition coefficient (Wildman–Crippen LogP) is 1.14. The van der Waals surface area contributed by atoms with Gasteiger partial charge in [-0.15, -0.1) is 0 Å². The summed E-state index contributed by atoms with van der Waals surface area (Å²) in [4.78, 5) is 17.8. The Morgan fingerprint density at radius 1 is 1.69 bits per heavy atom. The van der Waals surface area contributed by atoms with Gasteiger partial charge < -0.3 is 10.7 Å². The van der Waals surface area contributed by atoms with E-state index in [1.165, 1.54) is 17.8 Å². The molecule has 0 atom stereocenters. The summed E-state index contributed by atoms with van der Waals surface area (Å²) in [7, 11) is 0. The fourth-order valence-electron chi connectivity index (χ4n) is 1.46. The molecule has 1 aliphatic rings. The zero-order chi connectivity index (χ0) is 11.6. The van der Waals surface area contributed by atoms with E-state index in [1.54, 1.807) is 0 Å². The molecule has 1 saturated carbocycles. The van der Waals surface area contributed by atoms with Gasteiger partial charge in [-0.25, -0.2) is 4.98 Å². The summed E-state index contributed by atoms with van der Waals surface area (Å²) in [6.07, 6.45) is 2.74. The van der Waals surface area contributed by atoms with Crippen LogP contribution in [0.25, 0.3) is 0 Å². The summed E-state index contributed by atoms with van der Waals surface area (Å²) >= 11 is 1.46. The van der Waals surface area contributed by atoms with Gasteiger partial charge in [0.15, 0.2) is 5.16 Å². The molecule has 5 nitrogen and oxygen atoms in total. The van der Waals surface area contributed by atoms with E-state index in [0.717, 1.165) is 18.6 Å². The number of nitrogens with zero attached hydrogens (tertiary/aromatic N) is 2. The van der Waals surface area contributed by atoms with Crippen molar-refractivity contribution in [3.63, 3.8) is 0 Å². The van der Waals surface area contributed by atoms with Crippen LogP contribution < -0.4 is 11.3 Å². The van der Waals surface area contributed by atoms with E-state index in [9.17, 15) is 4.79 Å². The lowest BCUT2D eigenvalue weighted by molar-refractivity contribution is 0.603. The molecule has 6 heteroatoms. The van der Waals surface area contributed by atoms with Crippen molar-refractivity contribution in [3.8, 4) is 6.07 Å². The van der Waals surface area contributed by atoms with E-state index in [0.29, 0.717) is 11.6 Å². The maximum absolute atomic E-state index is 11.1.